The van der Waals surface area contributed by atoms with Crippen molar-refractivity contribution < 1.29 is 17.6 Å². The molecule has 0 saturated heterocycles. The average Bonchev–Trinajstić information content (AvgIpc) is 2.98. The van der Waals surface area contributed by atoms with Crippen LogP contribution in [0.3, 0.4) is 0 Å². The summed E-state index contributed by atoms with van der Waals surface area (Å²) in [5.41, 5.74) is -1.04. The van der Waals surface area contributed by atoms with Gasteiger partial charge in [-0.15, -0.1) is 0 Å². The molecule has 0 bridgehead atoms. The highest BCUT2D eigenvalue weighted by Crippen LogP contribution is 2.26. The smallest absolute Gasteiger partial charge is 0.435 e. The maximum absolute atomic E-state index is 12.6. The molecule has 118 valence electrons. The highest BCUT2D eigenvalue weighted by atomic mass is 19.4. The van der Waals surface area contributed by atoms with Gasteiger partial charge in [0.2, 0.25) is 5.89 Å². The predicted molar refractivity (Wildman–Crippen MR) is 74.5 cm³/mol. The minimum atomic E-state index is -4.62. The molecule has 2 heterocycles. The molecule has 0 N–H and O–H groups in total. The molecule has 0 aliphatic heterocycles. The summed E-state index contributed by atoms with van der Waals surface area (Å²) in [6.45, 7) is -0.282. The molecular formula is C15H10F3N3O2. The lowest BCUT2D eigenvalue weighted by atomic mass is 10.2. The Morgan fingerprint density at radius 3 is 2.52 bits per heavy atom. The van der Waals surface area contributed by atoms with Crippen LogP contribution < -0.4 is 5.56 Å². The van der Waals surface area contributed by atoms with E-state index in [1.165, 1.54) is 6.20 Å². The van der Waals surface area contributed by atoms with E-state index in [0.717, 1.165) is 11.6 Å². The Bertz CT molecular complexity index is 869. The van der Waals surface area contributed by atoms with E-state index in [0.29, 0.717) is 16.5 Å². The maximum atomic E-state index is 12.6. The van der Waals surface area contributed by atoms with E-state index < -0.39 is 17.4 Å². The van der Waals surface area contributed by atoms with Crippen LogP contribution >= 0.6 is 0 Å². The number of rotatable bonds is 3. The summed E-state index contributed by atoms with van der Waals surface area (Å²) in [5, 5.41) is 3.30. The van der Waals surface area contributed by atoms with Crippen molar-refractivity contribution in [3.63, 3.8) is 0 Å². The zero-order chi connectivity index (χ0) is 16.4. The lowest BCUT2D eigenvalue weighted by molar-refractivity contribution is -0.142. The van der Waals surface area contributed by atoms with Crippen LogP contribution in [0.5, 0.6) is 0 Å². The summed E-state index contributed by atoms with van der Waals surface area (Å²) in [5.74, 6) is 0.554. The van der Waals surface area contributed by atoms with Crippen LogP contribution in [-0.2, 0) is 12.7 Å². The largest absolute Gasteiger partial charge is 0.439 e. The molecule has 0 aliphatic carbocycles. The minimum absolute atomic E-state index is 0.0952. The van der Waals surface area contributed by atoms with Crippen molar-refractivity contribution in [1.29, 1.82) is 0 Å². The normalized spacial score (nSPS) is 11.6. The van der Waals surface area contributed by atoms with E-state index in [2.05, 4.69) is 10.1 Å². The molecule has 2 aromatic heterocycles. The Morgan fingerprint density at radius 1 is 1.09 bits per heavy atom. The molecule has 0 fully saturated rings. The van der Waals surface area contributed by atoms with E-state index in [9.17, 15) is 18.0 Å². The standard InChI is InChI=1S/C15H10F3N3O2/c16-15(17,18)12-6-7-14(22)21(20-12)9-13-19-8-11(23-13)10-4-2-1-3-5-10/h1-8H,9H2. The zero-order valence-corrected chi connectivity index (χ0v) is 11.6. The van der Waals surface area contributed by atoms with E-state index in [1.807, 2.05) is 18.2 Å². The van der Waals surface area contributed by atoms with E-state index in [4.69, 9.17) is 4.42 Å². The van der Waals surface area contributed by atoms with Crippen LogP contribution in [0.2, 0.25) is 0 Å². The average molecular weight is 321 g/mol. The fourth-order valence-electron chi connectivity index (χ4n) is 1.96. The first kappa shape index (κ1) is 15.0. The summed E-state index contributed by atoms with van der Waals surface area (Å²) in [6.07, 6.45) is -3.18. The first-order valence-corrected chi connectivity index (χ1v) is 6.59. The number of nitrogens with zero attached hydrogens (tertiary/aromatic N) is 3. The van der Waals surface area contributed by atoms with Gasteiger partial charge in [0, 0.05) is 11.6 Å². The van der Waals surface area contributed by atoms with Gasteiger partial charge in [-0.3, -0.25) is 4.79 Å². The summed E-state index contributed by atoms with van der Waals surface area (Å²) < 4.78 is 44.1. The molecule has 0 radical (unpaired) electrons. The zero-order valence-electron chi connectivity index (χ0n) is 11.6. The van der Waals surface area contributed by atoms with Gasteiger partial charge >= 0.3 is 6.18 Å². The fraction of sp³-hybridized carbons (Fsp3) is 0.133. The summed E-state index contributed by atoms with van der Waals surface area (Å²) in [6, 6.07) is 10.5. The lowest BCUT2D eigenvalue weighted by Gasteiger charge is -2.07. The highest BCUT2D eigenvalue weighted by molar-refractivity contribution is 5.55. The van der Waals surface area contributed by atoms with Crippen LogP contribution in [-0.4, -0.2) is 14.8 Å². The van der Waals surface area contributed by atoms with E-state index in [-0.39, 0.29) is 12.4 Å². The van der Waals surface area contributed by atoms with Crippen molar-refractivity contribution >= 4 is 0 Å². The second-order valence-electron chi connectivity index (χ2n) is 4.70. The molecule has 1 aromatic carbocycles. The van der Waals surface area contributed by atoms with Gasteiger partial charge in [-0.25, -0.2) is 9.67 Å². The Morgan fingerprint density at radius 2 is 1.83 bits per heavy atom. The van der Waals surface area contributed by atoms with Crippen LogP contribution in [0, 0.1) is 0 Å². The van der Waals surface area contributed by atoms with Gasteiger partial charge in [0.25, 0.3) is 5.56 Å². The molecule has 0 aliphatic rings. The molecule has 0 amide bonds. The lowest BCUT2D eigenvalue weighted by Crippen LogP contribution is -2.26. The maximum Gasteiger partial charge on any atom is 0.435 e. The first-order chi connectivity index (χ1) is 10.9. The Balaban J connectivity index is 1.89. The number of aromatic nitrogens is 3. The Hall–Kier alpha value is -2.90. The quantitative estimate of drug-likeness (QED) is 0.744. The number of halogens is 3. The van der Waals surface area contributed by atoms with Crippen LogP contribution in [0.1, 0.15) is 11.6 Å². The molecule has 3 aromatic rings. The van der Waals surface area contributed by atoms with Crippen molar-refractivity contribution in [2.45, 2.75) is 12.7 Å². The topological polar surface area (TPSA) is 60.9 Å². The van der Waals surface area contributed by atoms with Gasteiger partial charge in [0.05, 0.1) is 6.20 Å². The molecule has 0 saturated carbocycles. The number of alkyl halides is 3. The molecule has 23 heavy (non-hydrogen) atoms. The summed E-state index contributed by atoms with van der Waals surface area (Å²) in [7, 11) is 0. The van der Waals surface area contributed by atoms with Crippen LogP contribution in [0.25, 0.3) is 11.3 Å². The number of benzene rings is 1. The predicted octanol–water partition coefficient (Wildman–Crippen LogP) is 2.97. The molecule has 5 nitrogen and oxygen atoms in total. The second-order valence-corrected chi connectivity index (χ2v) is 4.70. The molecule has 3 rings (SSSR count). The minimum Gasteiger partial charge on any atom is -0.439 e. The van der Waals surface area contributed by atoms with Gasteiger partial charge in [0.15, 0.2) is 11.5 Å². The van der Waals surface area contributed by atoms with Gasteiger partial charge in [-0.05, 0) is 6.07 Å². The van der Waals surface area contributed by atoms with Crippen LogP contribution in [0.4, 0.5) is 13.2 Å². The van der Waals surface area contributed by atoms with Gasteiger partial charge in [-0.2, -0.15) is 18.3 Å². The highest BCUT2D eigenvalue weighted by Gasteiger charge is 2.33. The summed E-state index contributed by atoms with van der Waals surface area (Å²) in [4.78, 5) is 15.6. The second kappa shape index (κ2) is 5.71. The molecule has 0 spiro atoms. The van der Waals surface area contributed by atoms with Gasteiger partial charge in [-0.1, -0.05) is 30.3 Å². The van der Waals surface area contributed by atoms with E-state index in [1.54, 1.807) is 12.1 Å². The number of hydrogen-bond donors (Lipinski definition) is 0. The van der Waals surface area contributed by atoms with Crippen molar-refractivity contribution in [3.05, 3.63) is 70.6 Å². The van der Waals surface area contributed by atoms with Crippen molar-refractivity contribution in [1.82, 2.24) is 14.8 Å². The third kappa shape index (κ3) is 3.31. The molecule has 8 heteroatoms. The SMILES string of the molecule is O=c1ccc(C(F)(F)F)nn1Cc1ncc(-c2ccccc2)o1. The Kier molecular flexibility index (Phi) is 3.73. The molecule has 0 atom stereocenters. The number of oxazole rings is 1. The monoisotopic (exact) mass is 321 g/mol. The first-order valence-electron chi connectivity index (χ1n) is 6.59. The van der Waals surface area contributed by atoms with Gasteiger partial charge < -0.3 is 4.42 Å². The van der Waals surface area contributed by atoms with Crippen molar-refractivity contribution in [3.8, 4) is 11.3 Å². The molecule has 0 unspecified atom stereocenters. The fourth-order valence-corrected chi connectivity index (χ4v) is 1.96. The number of hydrogen-bond acceptors (Lipinski definition) is 4. The van der Waals surface area contributed by atoms with Crippen molar-refractivity contribution in [2.75, 3.05) is 0 Å². The van der Waals surface area contributed by atoms with E-state index >= 15 is 0 Å². The third-order valence-electron chi connectivity index (χ3n) is 3.05. The van der Waals surface area contributed by atoms with Crippen molar-refractivity contribution in [2.24, 2.45) is 0 Å². The van der Waals surface area contributed by atoms with Gasteiger partial charge in [0.1, 0.15) is 6.54 Å². The third-order valence-corrected chi connectivity index (χ3v) is 3.05. The summed E-state index contributed by atoms with van der Waals surface area (Å²) >= 11 is 0. The Labute approximate surface area is 128 Å². The molecular weight excluding hydrogens is 311 g/mol. The van der Waals surface area contributed by atoms with Crippen LogP contribution in [0.15, 0.2) is 57.9 Å².